The third-order valence-corrected chi connectivity index (χ3v) is 6.16. The van der Waals surface area contributed by atoms with E-state index in [1.54, 1.807) is 6.20 Å². The van der Waals surface area contributed by atoms with Crippen LogP contribution in [0, 0.1) is 0 Å². The second-order valence-electron chi connectivity index (χ2n) is 7.27. The lowest BCUT2D eigenvalue weighted by atomic mass is 9.83. The molecule has 7 nitrogen and oxygen atoms in total. The molecular formula is C16H23N3O4S. The summed E-state index contributed by atoms with van der Waals surface area (Å²) in [5.41, 5.74) is 0.280. The monoisotopic (exact) mass is 353 g/mol. The number of likely N-dealkylation sites (tertiary alicyclic amines) is 1. The molecule has 3 heterocycles. The van der Waals surface area contributed by atoms with Gasteiger partial charge < -0.3 is 19.3 Å². The highest BCUT2D eigenvalue weighted by Gasteiger charge is 2.53. The van der Waals surface area contributed by atoms with Crippen molar-refractivity contribution >= 4 is 17.5 Å². The molecule has 0 unspecified atom stereocenters. The zero-order valence-corrected chi connectivity index (χ0v) is 14.9. The Morgan fingerprint density at radius 1 is 1.50 bits per heavy atom. The molecule has 1 saturated heterocycles. The fraction of sp³-hybridized carbons (Fsp3) is 0.625. The van der Waals surface area contributed by atoms with Crippen LogP contribution >= 0.6 is 0 Å². The summed E-state index contributed by atoms with van der Waals surface area (Å²) in [6.45, 7) is 6.52. The fourth-order valence-electron chi connectivity index (χ4n) is 3.17. The number of rotatable bonds is 2. The summed E-state index contributed by atoms with van der Waals surface area (Å²) < 4.78 is 21.6. The van der Waals surface area contributed by atoms with E-state index in [-0.39, 0.29) is 6.04 Å². The minimum absolute atomic E-state index is 0.266. The first-order valence-electron chi connectivity index (χ1n) is 8.03. The predicted octanol–water partition coefficient (Wildman–Crippen LogP) is 2.08. The van der Waals surface area contributed by atoms with Crippen molar-refractivity contribution in [3.63, 3.8) is 0 Å². The minimum Gasteiger partial charge on any atom is -0.598 e. The van der Waals surface area contributed by atoms with Crippen molar-refractivity contribution in [1.82, 2.24) is 14.6 Å². The van der Waals surface area contributed by atoms with Gasteiger partial charge in [0.05, 0.1) is 0 Å². The van der Waals surface area contributed by atoms with Crippen LogP contribution in [0.2, 0.25) is 0 Å². The van der Waals surface area contributed by atoms with E-state index in [1.165, 1.54) is 4.90 Å². The van der Waals surface area contributed by atoms with Crippen LogP contribution in [-0.4, -0.2) is 49.1 Å². The van der Waals surface area contributed by atoms with Gasteiger partial charge in [0.15, 0.2) is 0 Å². The molecule has 1 spiro atoms. The SMILES string of the molecule is CC(C)(C)[S@@+]([O-])N[C@@H]1c2cccnc2OC12CCN(C(=O)O)CC2. The van der Waals surface area contributed by atoms with Crippen LogP contribution in [0.5, 0.6) is 5.88 Å². The smallest absolute Gasteiger partial charge is 0.407 e. The van der Waals surface area contributed by atoms with Crippen molar-refractivity contribution in [1.29, 1.82) is 0 Å². The van der Waals surface area contributed by atoms with E-state index in [4.69, 9.17) is 9.84 Å². The van der Waals surface area contributed by atoms with Gasteiger partial charge in [0.1, 0.15) is 16.4 Å². The van der Waals surface area contributed by atoms with Gasteiger partial charge in [-0.15, -0.1) is 4.72 Å². The van der Waals surface area contributed by atoms with Gasteiger partial charge in [-0.25, -0.2) is 9.78 Å². The molecule has 0 radical (unpaired) electrons. The predicted molar refractivity (Wildman–Crippen MR) is 90.2 cm³/mol. The fourth-order valence-corrected chi connectivity index (χ4v) is 4.07. The lowest BCUT2D eigenvalue weighted by Crippen LogP contribution is -2.55. The van der Waals surface area contributed by atoms with E-state index < -0.39 is 27.8 Å². The van der Waals surface area contributed by atoms with Crippen LogP contribution in [0.25, 0.3) is 0 Å². The van der Waals surface area contributed by atoms with Gasteiger partial charge in [-0.2, -0.15) is 0 Å². The third-order valence-electron chi connectivity index (χ3n) is 4.60. The minimum atomic E-state index is -1.27. The van der Waals surface area contributed by atoms with Crippen molar-refractivity contribution in [2.75, 3.05) is 13.1 Å². The molecule has 2 N–H and O–H groups in total. The molecule has 2 aliphatic rings. The topological polar surface area (TPSA) is 97.8 Å². The largest absolute Gasteiger partial charge is 0.598 e. The number of hydrogen-bond donors (Lipinski definition) is 2. The van der Waals surface area contributed by atoms with Gasteiger partial charge >= 0.3 is 6.09 Å². The molecule has 2 aliphatic heterocycles. The molecule has 1 fully saturated rings. The van der Waals surface area contributed by atoms with Crippen molar-refractivity contribution in [3.05, 3.63) is 23.9 Å². The second-order valence-corrected chi connectivity index (χ2v) is 9.26. The highest BCUT2D eigenvalue weighted by Crippen LogP contribution is 2.48. The molecule has 0 saturated carbocycles. The number of nitrogens with one attached hydrogen (secondary N) is 1. The maximum absolute atomic E-state index is 12.6. The van der Waals surface area contributed by atoms with E-state index in [2.05, 4.69) is 9.71 Å². The molecule has 2 atom stereocenters. The van der Waals surface area contributed by atoms with Gasteiger partial charge in [-0.1, -0.05) is 6.07 Å². The molecule has 0 aliphatic carbocycles. The van der Waals surface area contributed by atoms with Gasteiger partial charge in [-0.05, 0) is 26.8 Å². The molecule has 8 heteroatoms. The van der Waals surface area contributed by atoms with Crippen LogP contribution in [0.15, 0.2) is 18.3 Å². The maximum atomic E-state index is 12.6. The van der Waals surface area contributed by atoms with Gasteiger partial charge in [0, 0.05) is 49.1 Å². The molecule has 0 aromatic carbocycles. The highest BCUT2D eigenvalue weighted by molar-refractivity contribution is 7.90. The maximum Gasteiger partial charge on any atom is 0.407 e. The van der Waals surface area contributed by atoms with Gasteiger partial charge in [-0.3, -0.25) is 0 Å². The van der Waals surface area contributed by atoms with Gasteiger partial charge in [0.2, 0.25) is 5.88 Å². The average molecular weight is 353 g/mol. The number of nitrogens with zero attached hydrogens (tertiary/aromatic N) is 2. The van der Waals surface area contributed by atoms with E-state index in [0.29, 0.717) is 31.8 Å². The molecule has 0 bridgehead atoms. The zero-order chi connectivity index (χ0) is 17.5. The van der Waals surface area contributed by atoms with Crippen LogP contribution in [0.3, 0.4) is 0 Å². The van der Waals surface area contributed by atoms with Crippen molar-refractivity contribution in [3.8, 4) is 5.88 Å². The number of carboxylic acid groups (broad SMARTS) is 1. The number of fused-ring (bicyclic) bond motifs is 1. The number of piperidine rings is 1. The summed E-state index contributed by atoms with van der Waals surface area (Å²) in [7, 11) is 0. The Labute approximate surface area is 144 Å². The summed E-state index contributed by atoms with van der Waals surface area (Å²) >= 11 is -1.27. The van der Waals surface area contributed by atoms with Crippen LogP contribution in [0.4, 0.5) is 4.79 Å². The van der Waals surface area contributed by atoms with Crippen molar-refractivity contribution in [2.45, 2.75) is 50.0 Å². The molecule has 24 heavy (non-hydrogen) atoms. The van der Waals surface area contributed by atoms with Crippen LogP contribution in [0.1, 0.15) is 45.2 Å². The molecular weight excluding hydrogens is 330 g/mol. The van der Waals surface area contributed by atoms with E-state index in [0.717, 1.165) is 5.56 Å². The van der Waals surface area contributed by atoms with E-state index in [1.807, 2.05) is 32.9 Å². The first kappa shape index (κ1) is 17.3. The molecule has 132 valence electrons. The van der Waals surface area contributed by atoms with Crippen LogP contribution < -0.4 is 9.46 Å². The van der Waals surface area contributed by atoms with Crippen LogP contribution in [-0.2, 0) is 11.4 Å². The normalized spacial score (nSPS) is 23.7. The molecule has 3 rings (SSSR count). The van der Waals surface area contributed by atoms with E-state index >= 15 is 0 Å². The highest BCUT2D eigenvalue weighted by atomic mass is 32.2. The number of aromatic nitrogens is 1. The number of amides is 1. The Kier molecular flexibility index (Phi) is 4.39. The Hall–Kier alpha value is -1.51. The Morgan fingerprint density at radius 2 is 2.17 bits per heavy atom. The zero-order valence-electron chi connectivity index (χ0n) is 14.1. The summed E-state index contributed by atoms with van der Waals surface area (Å²) in [6.07, 6.45) is 1.83. The number of pyridine rings is 1. The number of hydrogen-bond acceptors (Lipinski definition) is 5. The standard InChI is InChI=1S/C16H23N3O4S/c1-15(2,3)24(22)18-12-11-5-4-8-17-13(11)23-16(12)6-9-19(10-7-16)14(20)21/h4-5,8,12,18H,6-7,9-10H2,1-3H3,(H,20,21)/t12-,24-/m1/s1. The van der Waals surface area contributed by atoms with Crippen molar-refractivity contribution < 1.29 is 19.2 Å². The third kappa shape index (κ3) is 3.05. The first-order chi connectivity index (χ1) is 11.2. The Balaban J connectivity index is 1.87. The lowest BCUT2D eigenvalue weighted by Gasteiger charge is -2.41. The molecule has 1 amide bonds. The molecule has 1 aromatic rings. The summed E-state index contributed by atoms with van der Waals surface area (Å²) in [5, 5.41) is 9.17. The summed E-state index contributed by atoms with van der Waals surface area (Å²) in [6, 6.07) is 3.50. The lowest BCUT2D eigenvalue weighted by molar-refractivity contribution is -0.00144. The Morgan fingerprint density at radius 3 is 2.75 bits per heavy atom. The number of ether oxygens (including phenoxy) is 1. The second kappa shape index (κ2) is 6.09. The quantitative estimate of drug-likeness (QED) is 0.790. The van der Waals surface area contributed by atoms with E-state index in [9.17, 15) is 9.35 Å². The Bertz CT molecular complexity index is 626. The molecule has 1 aromatic heterocycles. The summed E-state index contributed by atoms with van der Waals surface area (Å²) in [5.74, 6) is 0.546. The average Bonchev–Trinajstić information content (AvgIpc) is 2.80. The summed E-state index contributed by atoms with van der Waals surface area (Å²) in [4.78, 5) is 16.9. The van der Waals surface area contributed by atoms with Gasteiger partial charge in [0.25, 0.3) is 0 Å². The van der Waals surface area contributed by atoms with Crippen molar-refractivity contribution in [2.24, 2.45) is 0 Å². The first-order valence-corrected chi connectivity index (χ1v) is 9.18. The number of carbonyl (C=O) groups is 1.